The molecule has 0 aromatic rings. The minimum absolute atomic E-state index is 0.836. The van der Waals surface area contributed by atoms with Gasteiger partial charge in [-0.1, -0.05) is 0 Å². The number of hydrogen-bond donors (Lipinski definition) is 0. The van der Waals surface area contributed by atoms with Crippen molar-refractivity contribution < 1.29 is 0 Å². The van der Waals surface area contributed by atoms with E-state index in [9.17, 15) is 0 Å². The Balaban J connectivity index is 3.74. The highest BCUT2D eigenvalue weighted by Crippen LogP contribution is 1.90. The van der Waals surface area contributed by atoms with Crippen LogP contribution in [-0.2, 0) is 0 Å². The molecule has 0 saturated carbocycles. The molecule has 44 valence electrons. The maximum absolute atomic E-state index is 3.82. The highest BCUT2D eigenvalue weighted by molar-refractivity contribution is 5.54. The second-order valence-corrected chi connectivity index (χ2v) is 1.34. The zero-order chi connectivity index (χ0) is 6.41. The van der Waals surface area contributed by atoms with Gasteiger partial charge in [0.1, 0.15) is 0 Å². The van der Waals surface area contributed by atoms with Crippen molar-refractivity contribution in [1.29, 1.82) is 0 Å². The Bertz CT molecular complexity index is 122. The van der Waals surface area contributed by atoms with Crippen LogP contribution in [-0.4, -0.2) is 12.9 Å². The quantitative estimate of drug-likeness (QED) is 0.483. The van der Waals surface area contributed by atoms with E-state index in [0.717, 1.165) is 5.70 Å². The summed E-state index contributed by atoms with van der Waals surface area (Å²) in [5.41, 5.74) is 0.836. The third-order valence-electron chi connectivity index (χ3n) is 0.660. The van der Waals surface area contributed by atoms with Crippen LogP contribution >= 0.6 is 0 Å². The van der Waals surface area contributed by atoms with Crippen LogP contribution in [0.1, 0.15) is 13.8 Å². The largest absolute Gasteiger partial charge is 0.268 e. The van der Waals surface area contributed by atoms with Gasteiger partial charge in [0.15, 0.2) is 0 Å². The molecular formula is C6H10N2. The third kappa shape index (κ3) is 3.28. The van der Waals surface area contributed by atoms with E-state index in [-0.39, 0.29) is 0 Å². The van der Waals surface area contributed by atoms with Crippen molar-refractivity contribution in [3.8, 4) is 0 Å². The monoisotopic (exact) mass is 110 g/mol. The first-order valence-corrected chi connectivity index (χ1v) is 2.42. The van der Waals surface area contributed by atoms with Crippen LogP contribution in [0.3, 0.4) is 0 Å². The SMILES string of the molecule is C=NC(C)=CN=CC. The highest BCUT2D eigenvalue weighted by atomic mass is 14.8. The zero-order valence-corrected chi connectivity index (χ0v) is 5.26. The molecule has 0 aliphatic rings. The molecule has 0 N–H and O–H groups in total. The lowest BCUT2D eigenvalue weighted by atomic mass is 10.6. The predicted octanol–water partition coefficient (Wildman–Crippen LogP) is 1.64. The molecule has 0 bridgehead atoms. The third-order valence-corrected chi connectivity index (χ3v) is 0.660. The van der Waals surface area contributed by atoms with Crippen molar-refractivity contribution in [2.75, 3.05) is 0 Å². The van der Waals surface area contributed by atoms with Crippen molar-refractivity contribution in [3.05, 3.63) is 11.9 Å². The summed E-state index contributed by atoms with van der Waals surface area (Å²) in [6.07, 6.45) is 3.36. The van der Waals surface area contributed by atoms with Gasteiger partial charge in [0.05, 0.1) is 5.70 Å². The van der Waals surface area contributed by atoms with Crippen LogP contribution in [0.15, 0.2) is 21.9 Å². The summed E-state index contributed by atoms with van der Waals surface area (Å²) >= 11 is 0. The lowest BCUT2D eigenvalue weighted by Crippen LogP contribution is -1.63. The van der Waals surface area contributed by atoms with Gasteiger partial charge in [-0.2, -0.15) is 0 Å². The maximum Gasteiger partial charge on any atom is 0.0547 e. The molecule has 0 fully saturated rings. The zero-order valence-electron chi connectivity index (χ0n) is 5.26. The summed E-state index contributed by atoms with van der Waals surface area (Å²) in [6.45, 7) is 7.02. The lowest BCUT2D eigenvalue weighted by molar-refractivity contribution is 1.29. The first kappa shape index (κ1) is 7.08. The van der Waals surface area contributed by atoms with Gasteiger partial charge in [0, 0.05) is 12.4 Å². The van der Waals surface area contributed by atoms with Gasteiger partial charge in [-0.15, -0.1) is 0 Å². The summed E-state index contributed by atoms with van der Waals surface area (Å²) < 4.78 is 0. The standard InChI is InChI=1S/C6H10N2/c1-4-8-5-6(2)7-3/h4-5H,3H2,1-2H3. The smallest absolute Gasteiger partial charge is 0.0547 e. The molecule has 2 nitrogen and oxygen atoms in total. The van der Waals surface area contributed by atoms with E-state index < -0.39 is 0 Å². The summed E-state index contributed by atoms with van der Waals surface area (Å²) in [5.74, 6) is 0. The fraction of sp³-hybridized carbons (Fsp3) is 0.333. The molecule has 8 heavy (non-hydrogen) atoms. The van der Waals surface area contributed by atoms with E-state index in [4.69, 9.17) is 0 Å². The van der Waals surface area contributed by atoms with E-state index in [1.165, 1.54) is 0 Å². The maximum atomic E-state index is 3.82. The molecule has 0 heterocycles. The molecule has 0 radical (unpaired) electrons. The van der Waals surface area contributed by atoms with Crippen molar-refractivity contribution in [2.24, 2.45) is 9.98 Å². The first-order chi connectivity index (χ1) is 3.81. The normalized spacial score (nSPS) is 12.5. The molecule has 0 aromatic heterocycles. The van der Waals surface area contributed by atoms with Crippen LogP contribution in [0.25, 0.3) is 0 Å². The lowest BCUT2D eigenvalue weighted by Gasteiger charge is -1.81. The minimum atomic E-state index is 0.836. The van der Waals surface area contributed by atoms with Crippen LogP contribution < -0.4 is 0 Å². The highest BCUT2D eigenvalue weighted by Gasteiger charge is 1.72. The topological polar surface area (TPSA) is 24.7 Å². The van der Waals surface area contributed by atoms with E-state index in [1.807, 2.05) is 13.8 Å². The molecule has 0 atom stereocenters. The summed E-state index contributed by atoms with van der Waals surface area (Å²) in [5, 5.41) is 0. The van der Waals surface area contributed by atoms with Gasteiger partial charge in [0.2, 0.25) is 0 Å². The number of aliphatic imine (C=N–C) groups is 2. The molecule has 0 rings (SSSR count). The summed E-state index contributed by atoms with van der Waals surface area (Å²) in [6, 6.07) is 0. The number of hydrogen-bond acceptors (Lipinski definition) is 2. The van der Waals surface area contributed by atoms with Gasteiger partial charge < -0.3 is 0 Å². The Kier molecular flexibility index (Phi) is 3.76. The molecule has 0 amide bonds. The van der Waals surface area contributed by atoms with Gasteiger partial charge in [-0.05, 0) is 20.6 Å². The molecule has 0 saturated heterocycles. The number of allylic oxidation sites excluding steroid dienone is 1. The summed E-state index contributed by atoms with van der Waals surface area (Å²) in [4.78, 5) is 7.45. The Hall–Kier alpha value is -0.920. The molecule has 2 heteroatoms. The van der Waals surface area contributed by atoms with Crippen molar-refractivity contribution in [2.45, 2.75) is 13.8 Å². The van der Waals surface area contributed by atoms with Gasteiger partial charge >= 0.3 is 0 Å². The second kappa shape index (κ2) is 4.24. The molecule has 0 unspecified atom stereocenters. The van der Waals surface area contributed by atoms with Gasteiger partial charge in [-0.3, -0.25) is 9.98 Å². The van der Waals surface area contributed by atoms with E-state index in [0.29, 0.717) is 0 Å². The van der Waals surface area contributed by atoms with Gasteiger partial charge in [-0.25, -0.2) is 0 Å². The molecular weight excluding hydrogens is 100 g/mol. The van der Waals surface area contributed by atoms with Crippen molar-refractivity contribution in [1.82, 2.24) is 0 Å². The van der Waals surface area contributed by atoms with Crippen LogP contribution in [0.2, 0.25) is 0 Å². The van der Waals surface area contributed by atoms with E-state index in [1.54, 1.807) is 12.4 Å². The average molecular weight is 110 g/mol. The minimum Gasteiger partial charge on any atom is -0.268 e. The number of nitrogens with zero attached hydrogens (tertiary/aromatic N) is 2. The van der Waals surface area contributed by atoms with Gasteiger partial charge in [0.25, 0.3) is 0 Å². The molecule has 0 aliphatic heterocycles. The fourth-order valence-electron chi connectivity index (χ4n) is 0.223. The van der Waals surface area contributed by atoms with Crippen molar-refractivity contribution >= 4 is 12.9 Å². The van der Waals surface area contributed by atoms with Crippen molar-refractivity contribution in [3.63, 3.8) is 0 Å². The Morgan fingerprint density at radius 3 is 2.62 bits per heavy atom. The van der Waals surface area contributed by atoms with Crippen LogP contribution in [0.5, 0.6) is 0 Å². The van der Waals surface area contributed by atoms with Crippen LogP contribution in [0.4, 0.5) is 0 Å². The van der Waals surface area contributed by atoms with E-state index >= 15 is 0 Å². The second-order valence-electron chi connectivity index (χ2n) is 1.34. The Morgan fingerprint density at radius 1 is 1.62 bits per heavy atom. The summed E-state index contributed by atoms with van der Waals surface area (Å²) in [7, 11) is 0. The molecule has 0 aromatic carbocycles. The van der Waals surface area contributed by atoms with E-state index in [2.05, 4.69) is 16.7 Å². The molecule has 0 aliphatic carbocycles. The fourth-order valence-corrected chi connectivity index (χ4v) is 0.223. The Morgan fingerprint density at radius 2 is 2.25 bits per heavy atom. The average Bonchev–Trinajstić information content (AvgIpc) is 1.83. The predicted molar refractivity (Wildman–Crippen MR) is 37.5 cm³/mol. The molecule has 0 spiro atoms. The Labute approximate surface area is 49.7 Å². The number of rotatable bonds is 2. The van der Waals surface area contributed by atoms with Crippen LogP contribution in [0, 0.1) is 0 Å². The first-order valence-electron chi connectivity index (χ1n) is 2.42.